The van der Waals surface area contributed by atoms with E-state index in [1.165, 1.54) is 51.4 Å². The van der Waals surface area contributed by atoms with E-state index in [1.807, 2.05) is 0 Å². The van der Waals surface area contributed by atoms with E-state index in [1.54, 1.807) is 0 Å². The predicted octanol–water partition coefficient (Wildman–Crippen LogP) is 4.52. The summed E-state index contributed by atoms with van der Waals surface area (Å²) in [5.41, 5.74) is 0.374. The van der Waals surface area contributed by atoms with Crippen LogP contribution in [-0.4, -0.2) is 17.6 Å². The molecule has 4 atom stereocenters. The Morgan fingerprint density at radius 1 is 1.06 bits per heavy atom. The second-order valence-corrected chi connectivity index (χ2v) is 7.10. The Kier molecular flexibility index (Phi) is 3.42. The summed E-state index contributed by atoms with van der Waals surface area (Å²) in [5.74, 6) is 0.761. The molecule has 4 unspecified atom stereocenters. The smallest absolute Gasteiger partial charge is 0.0663 e. The van der Waals surface area contributed by atoms with Crippen molar-refractivity contribution in [3.05, 3.63) is 0 Å². The van der Waals surface area contributed by atoms with Crippen molar-refractivity contribution in [2.45, 2.75) is 82.3 Å². The lowest BCUT2D eigenvalue weighted by molar-refractivity contribution is -0.156. The third-order valence-corrected chi connectivity index (χ3v) is 6.21. The third-order valence-electron chi connectivity index (χ3n) is 5.59. The number of alkyl halides is 1. The summed E-state index contributed by atoms with van der Waals surface area (Å²) in [4.78, 5) is 0. The maximum absolute atomic E-state index is 6.48. The average Bonchev–Trinajstić information content (AvgIpc) is 2.83. The molecule has 0 N–H and O–H groups in total. The molecule has 0 heterocycles. The zero-order valence-electron chi connectivity index (χ0n) is 11.0. The van der Waals surface area contributed by atoms with Gasteiger partial charge >= 0.3 is 0 Å². The molecule has 0 aliphatic heterocycles. The summed E-state index contributed by atoms with van der Waals surface area (Å²) in [5, 5.41) is 0.397. The molecule has 3 aliphatic rings. The Morgan fingerprint density at radius 3 is 2.41 bits per heavy atom. The fourth-order valence-electron chi connectivity index (χ4n) is 4.25. The van der Waals surface area contributed by atoms with Gasteiger partial charge in [-0.2, -0.15) is 0 Å². The Morgan fingerprint density at radius 2 is 1.76 bits per heavy atom. The zero-order chi connectivity index (χ0) is 11.9. The van der Waals surface area contributed by atoms with Crippen molar-refractivity contribution in [1.29, 1.82) is 0 Å². The molecular weight excluding hydrogens is 232 g/mol. The van der Waals surface area contributed by atoms with Gasteiger partial charge in [0.25, 0.3) is 0 Å². The fourth-order valence-corrected chi connectivity index (χ4v) is 4.77. The van der Waals surface area contributed by atoms with Crippen LogP contribution in [0.5, 0.6) is 0 Å². The first-order chi connectivity index (χ1) is 8.22. The summed E-state index contributed by atoms with van der Waals surface area (Å²) < 4.78 is 6.46. The van der Waals surface area contributed by atoms with E-state index in [0.717, 1.165) is 12.3 Å². The van der Waals surface area contributed by atoms with Gasteiger partial charge in [-0.1, -0.05) is 32.6 Å². The number of hydrogen-bond acceptors (Lipinski definition) is 1. The van der Waals surface area contributed by atoms with Crippen molar-refractivity contribution >= 4 is 11.6 Å². The maximum atomic E-state index is 6.48. The monoisotopic (exact) mass is 256 g/mol. The fraction of sp³-hybridized carbons (Fsp3) is 1.00. The molecule has 3 fully saturated rings. The normalized spacial score (nSPS) is 44.8. The molecule has 3 aliphatic carbocycles. The van der Waals surface area contributed by atoms with Crippen molar-refractivity contribution in [3.8, 4) is 0 Å². The average molecular weight is 257 g/mol. The lowest BCUT2D eigenvalue weighted by Gasteiger charge is -2.53. The molecule has 0 aromatic carbocycles. The van der Waals surface area contributed by atoms with Crippen molar-refractivity contribution in [2.24, 2.45) is 11.3 Å². The van der Waals surface area contributed by atoms with Gasteiger partial charge < -0.3 is 4.74 Å². The van der Waals surface area contributed by atoms with Gasteiger partial charge in [0.05, 0.1) is 12.2 Å². The summed E-state index contributed by atoms with van der Waals surface area (Å²) in [6, 6.07) is 0. The quantitative estimate of drug-likeness (QED) is 0.660. The summed E-state index contributed by atoms with van der Waals surface area (Å²) in [6.07, 6.45) is 12.9. The largest absolute Gasteiger partial charge is 0.374 e. The Balaban J connectivity index is 1.61. The van der Waals surface area contributed by atoms with Gasteiger partial charge in [-0.25, -0.2) is 0 Å². The second kappa shape index (κ2) is 4.74. The van der Waals surface area contributed by atoms with E-state index in [0.29, 0.717) is 23.0 Å². The van der Waals surface area contributed by atoms with Gasteiger partial charge in [0.15, 0.2) is 0 Å². The second-order valence-electron chi connectivity index (χ2n) is 6.57. The van der Waals surface area contributed by atoms with E-state index < -0.39 is 0 Å². The predicted molar refractivity (Wildman–Crippen MR) is 71.5 cm³/mol. The van der Waals surface area contributed by atoms with Crippen LogP contribution in [0.15, 0.2) is 0 Å². The molecule has 0 saturated heterocycles. The maximum Gasteiger partial charge on any atom is 0.0663 e. The molecule has 1 spiro atoms. The van der Waals surface area contributed by atoms with Gasteiger partial charge in [0.1, 0.15) is 0 Å². The lowest BCUT2D eigenvalue weighted by Crippen LogP contribution is -2.55. The highest BCUT2D eigenvalue weighted by Crippen LogP contribution is 2.57. The number of ether oxygens (including phenoxy) is 1. The topological polar surface area (TPSA) is 9.23 Å². The molecule has 98 valence electrons. The van der Waals surface area contributed by atoms with Crippen LogP contribution >= 0.6 is 11.6 Å². The van der Waals surface area contributed by atoms with Crippen LogP contribution in [0.2, 0.25) is 0 Å². The van der Waals surface area contributed by atoms with Crippen molar-refractivity contribution < 1.29 is 4.74 Å². The SMILES string of the molecule is CC1CCCCC1OC1CC(Cl)C12CCCC2. The first-order valence-corrected chi connectivity index (χ1v) is 7.95. The minimum atomic E-state index is 0.374. The molecule has 0 bridgehead atoms. The minimum absolute atomic E-state index is 0.374. The van der Waals surface area contributed by atoms with Crippen LogP contribution in [0.3, 0.4) is 0 Å². The van der Waals surface area contributed by atoms with Crippen LogP contribution in [-0.2, 0) is 4.74 Å². The first-order valence-electron chi connectivity index (χ1n) is 7.52. The Labute approximate surface area is 110 Å². The standard InChI is InChI=1S/C15H25ClO/c1-11-6-2-3-7-12(11)17-14-10-13(16)15(14)8-4-5-9-15/h11-14H,2-10H2,1H3. The lowest BCUT2D eigenvalue weighted by atomic mass is 9.64. The first kappa shape index (κ1) is 12.3. The highest BCUT2D eigenvalue weighted by Gasteiger charge is 2.56. The summed E-state index contributed by atoms with van der Waals surface area (Å²) in [7, 11) is 0. The number of rotatable bonds is 2. The number of halogens is 1. The highest BCUT2D eigenvalue weighted by atomic mass is 35.5. The van der Waals surface area contributed by atoms with Crippen LogP contribution in [0.25, 0.3) is 0 Å². The van der Waals surface area contributed by atoms with Crippen LogP contribution in [0, 0.1) is 11.3 Å². The van der Waals surface area contributed by atoms with Gasteiger partial charge in [-0.05, 0) is 38.0 Å². The molecule has 3 saturated carbocycles. The Bertz CT molecular complexity index is 272. The Hall–Kier alpha value is 0.250. The van der Waals surface area contributed by atoms with Crippen LogP contribution in [0.4, 0.5) is 0 Å². The van der Waals surface area contributed by atoms with Crippen molar-refractivity contribution in [3.63, 3.8) is 0 Å². The van der Waals surface area contributed by atoms with Crippen LogP contribution < -0.4 is 0 Å². The van der Waals surface area contributed by atoms with E-state index >= 15 is 0 Å². The molecule has 0 amide bonds. The third kappa shape index (κ3) is 2.04. The van der Waals surface area contributed by atoms with E-state index in [2.05, 4.69) is 6.92 Å². The molecule has 17 heavy (non-hydrogen) atoms. The van der Waals surface area contributed by atoms with Gasteiger partial charge in [-0.15, -0.1) is 11.6 Å². The molecule has 3 rings (SSSR count). The van der Waals surface area contributed by atoms with Gasteiger partial charge in [0.2, 0.25) is 0 Å². The van der Waals surface area contributed by atoms with E-state index in [4.69, 9.17) is 16.3 Å². The van der Waals surface area contributed by atoms with Crippen molar-refractivity contribution in [2.75, 3.05) is 0 Å². The summed E-state index contributed by atoms with van der Waals surface area (Å²) in [6.45, 7) is 2.36. The van der Waals surface area contributed by atoms with Gasteiger partial charge in [-0.3, -0.25) is 0 Å². The minimum Gasteiger partial charge on any atom is -0.374 e. The molecule has 1 nitrogen and oxygen atoms in total. The molecule has 0 aromatic heterocycles. The number of hydrogen-bond donors (Lipinski definition) is 0. The molecule has 0 radical (unpaired) electrons. The van der Waals surface area contributed by atoms with E-state index in [-0.39, 0.29) is 0 Å². The van der Waals surface area contributed by atoms with Gasteiger partial charge in [0, 0.05) is 10.8 Å². The van der Waals surface area contributed by atoms with Crippen LogP contribution in [0.1, 0.15) is 64.7 Å². The molecule has 2 heteroatoms. The highest BCUT2D eigenvalue weighted by molar-refractivity contribution is 6.21. The zero-order valence-corrected chi connectivity index (χ0v) is 11.7. The van der Waals surface area contributed by atoms with Crippen molar-refractivity contribution in [1.82, 2.24) is 0 Å². The molecular formula is C15H25ClO. The molecule has 0 aromatic rings. The summed E-state index contributed by atoms with van der Waals surface area (Å²) >= 11 is 6.48. The van der Waals surface area contributed by atoms with E-state index in [9.17, 15) is 0 Å².